The third kappa shape index (κ3) is 9.17. The predicted octanol–water partition coefficient (Wildman–Crippen LogP) is 20.7. The fourth-order valence-electron chi connectivity index (χ4n) is 13.4. The Kier molecular flexibility index (Phi) is 12.8. The summed E-state index contributed by atoms with van der Waals surface area (Å²) in [7, 11) is 0. The molecule has 0 saturated carbocycles. The van der Waals surface area contributed by atoms with Crippen LogP contribution in [0.2, 0.25) is 0 Å². The fourth-order valence-corrected chi connectivity index (χ4v) is 14.7. The smallest absolute Gasteiger partial charge is 0.264 e. The summed E-state index contributed by atoms with van der Waals surface area (Å²) in [5.41, 5.74) is 25.8. The van der Waals surface area contributed by atoms with Crippen molar-refractivity contribution < 1.29 is 0 Å². The molecule has 0 atom stereocenters. The van der Waals surface area contributed by atoms with Gasteiger partial charge in [0.05, 0.1) is 22.4 Å². The van der Waals surface area contributed by atoms with Crippen molar-refractivity contribution in [2.24, 2.45) is 0 Å². The highest BCUT2D eigenvalue weighted by Gasteiger charge is 2.46. The monoisotopic (exact) mass is 1120 g/mol. The summed E-state index contributed by atoms with van der Waals surface area (Å²) in [6.07, 6.45) is 0. The minimum atomic E-state index is -0.172. The van der Waals surface area contributed by atoms with Crippen LogP contribution >= 0.6 is 11.3 Å². The third-order valence-corrected chi connectivity index (χ3v) is 19.4. The van der Waals surface area contributed by atoms with Crippen molar-refractivity contribution >= 4 is 117 Å². The average Bonchev–Trinajstić information content (AvgIpc) is 1.29. The molecule has 0 spiro atoms. The standard InChI is InChI=1S/C78H81BN4S/c1-48-41-53(77(12,13)14)42-49(2)71(48)80(58-36-38-61-60-25-21-22-26-64(60)81(65(61)46-58)55-23-19-18-20-24-55)59-37-39-63-66(47-59)82(56-32-27-50(28-33-56)74(3,4)5)67-44-54(78(15,16)17)45-68-70(67)79(63)73-72(62-43-52(76(9,10)11)31-40-69(62)84-73)83(68)57-34-29-51(30-35-57)75(6,7)8/h18-47H,1-17H3. The molecule has 0 saturated heterocycles. The Hall–Kier alpha value is -7.80. The molecule has 11 aromatic rings. The average molecular weight is 1120 g/mol. The van der Waals surface area contributed by atoms with Crippen molar-refractivity contribution in [3.63, 3.8) is 0 Å². The van der Waals surface area contributed by atoms with E-state index in [-0.39, 0.29) is 33.8 Å². The number of thiophene rings is 1. The molecule has 2 aliphatic rings. The molecule has 2 aromatic heterocycles. The first-order chi connectivity index (χ1) is 39.6. The van der Waals surface area contributed by atoms with Crippen molar-refractivity contribution in [2.45, 2.75) is 145 Å². The predicted molar refractivity (Wildman–Crippen MR) is 368 cm³/mol. The van der Waals surface area contributed by atoms with E-state index in [2.05, 4.69) is 319 Å². The highest BCUT2D eigenvalue weighted by atomic mass is 32.1. The van der Waals surface area contributed by atoms with Gasteiger partial charge in [-0.3, -0.25) is 0 Å². The van der Waals surface area contributed by atoms with Crippen molar-refractivity contribution in [3.8, 4) is 5.69 Å². The molecule has 4 heterocycles. The van der Waals surface area contributed by atoms with E-state index in [1.165, 1.54) is 121 Å². The normalized spacial score (nSPS) is 13.7. The van der Waals surface area contributed by atoms with Crippen LogP contribution < -0.4 is 30.4 Å². The van der Waals surface area contributed by atoms with Crippen LogP contribution in [-0.2, 0) is 27.1 Å². The number of rotatable bonds is 6. The molecule has 0 amide bonds. The topological polar surface area (TPSA) is 14.7 Å². The van der Waals surface area contributed by atoms with Gasteiger partial charge in [0.2, 0.25) is 0 Å². The van der Waals surface area contributed by atoms with Crippen LogP contribution in [0.4, 0.5) is 51.2 Å². The molecule has 0 fully saturated rings. The van der Waals surface area contributed by atoms with Gasteiger partial charge in [-0.1, -0.05) is 195 Å². The van der Waals surface area contributed by atoms with Crippen molar-refractivity contribution in [1.82, 2.24) is 4.57 Å². The maximum atomic E-state index is 2.65. The molecule has 0 N–H and O–H groups in total. The Bertz CT molecular complexity index is 4390. The summed E-state index contributed by atoms with van der Waals surface area (Å²) in [6, 6.07) is 70.6. The molecule has 84 heavy (non-hydrogen) atoms. The Morgan fingerprint density at radius 3 is 1.48 bits per heavy atom. The molecule has 0 bridgehead atoms. The summed E-state index contributed by atoms with van der Waals surface area (Å²) in [5.74, 6) is 0. The zero-order chi connectivity index (χ0) is 59.3. The van der Waals surface area contributed by atoms with E-state index >= 15 is 0 Å². The van der Waals surface area contributed by atoms with E-state index in [4.69, 9.17) is 0 Å². The molecule has 2 aliphatic heterocycles. The van der Waals surface area contributed by atoms with Gasteiger partial charge >= 0.3 is 0 Å². The number of benzene rings is 9. The first kappa shape index (κ1) is 55.4. The zero-order valence-corrected chi connectivity index (χ0v) is 53.4. The number of para-hydroxylation sites is 2. The number of anilines is 9. The lowest BCUT2D eigenvalue weighted by Gasteiger charge is -2.44. The maximum absolute atomic E-state index is 2.65. The van der Waals surface area contributed by atoms with E-state index in [1.807, 2.05) is 11.3 Å². The van der Waals surface area contributed by atoms with Crippen molar-refractivity contribution in [3.05, 3.63) is 221 Å². The van der Waals surface area contributed by atoms with E-state index in [0.29, 0.717) is 0 Å². The van der Waals surface area contributed by atoms with Gasteiger partial charge < -0.3 is 19.3 Å². The minimum Gasteiger partial charge on any atom is -0.311 e. The number of hydrogen-bond donors (Lipinski definition) is 0. The molecular formula is C78H81BN4S. The second-order valence-corrected chi connectivity index (χ2v) is 30.4. The molecule has 0 unspecified atom stereocenters. The molecule has 9 aromatic carbocycles. The molecule has 4 nitrogen and oxygen atoms in total. The van der Waals surface area contributed by atoms with Gasteiger partial charge in [-0.2, -0.15) is 0 Å². The fraction of sp³-hybridized carbons (Fsp3) is 0.282. The minimum absolute atomic E-state index is 0.0124. The molecule has 0 radical (unpaired) electrons. The number of hydrogen-bond acceptors (Lipinski definition) is 4. The van der Waals surface area contributed by atoms with E-state index in [1.54, 1.807) is 0 Å². The lowest BCUT2D eigenvalue weighted by Crippen LogP contribution is -2.60. The third-order valence-electron chi connectivity index (χ3n) is 18.1. The zero-order valence-electron chi connectivity index (χ0n) is 52.6. The number of aryl methyl sites for hydroxylation is 2. The van der Waals surface area contributed by atoms with Gasteiger partial charge in [0.1, 0.15) is 0 Å². The second-order valence-electron chi connectivity index (χ2n) is 29.3. The van der Waals surface area contributed by atoms with Crippen LogP contribution in [0.3, 0.4) is 0 Å². The second kappa shape index (κ2) is 19.4. The van der Waals surface area contributed by atoms with Crippen molar-refractivity contribution in [1.29, 1.82) is 0 Å². The van der Waals surface area contributed by atoms with E-state index in [0.717, 1.165) is 22.7 Å². The molecule has 422 valence electrons. The molecule has 0 aliphatic carbocycles. The van der Waals surface area contributed by atoms with Crippen LogP contribution in [0.1, 0.15) is 143 Å². The van der Waals surface area contributed by atoms with Gasteiger partial charge in [0.25, 0.3) is 6.71 Å². The number of nitrogens with zero attached hydrogens (tertiary/aromatic N) is 4. The maximum Gasteiger partial charge on any atom is 0.264 e. The summed E-state index contributed by atoms with van der Waals surface area (Å²) < 4.78 is 5.14. The quantitative estimate of drug-likeness (QED) is 0.154. The first-order valence-corrected chi connectivity index (χ1v) is 31.2. The van der Waals surface area contributed by atoms with Gasteiger partial charge in [0.15, 0.2) is 0 Å². The van der Waals surface area contributed by atoms with Gasteiger partial charge in [0, 0.05) is 71.1 Å². The highest BCUT2D eigenvalue weighted by Crippen LogP contribution is 2.52. The van der Waals surface area contributed by atoms with Crippen LogP contribution in [0.15, 0.2) is 182 Å². The van der Waals surface area contributed by atoms with Crippen molar-refractivity contribution in [2.75, 3.05) is 14.7 Å². The Balaban J connectivity index is 1.13. The Morgan fingerprint density at radius 2 is 0.881 bits per heavy atom. The summed E-state index contributed by atoms with van der Waals surface area (Å²) >= 11 is 1.98. The summed E-state index contributed by atoms with van der Waals surface area (Å²) in [6.45, 7) is 39.6. The van der Waals surface area contributed by atoms with Crippen LogP contribution in [-0.4, -0.2) is 11.3 Å². The van der Waals surface area contributed by atoms with Gasteiger partial charge in [-0.25, -0.2) is 0 Å². The lowest BCUT2D eigenvalue weighted by molar-refractivity contribution is 0.589. The first-order valence-electron chi connectivity index (χ1n) is 30.4. The summed E-state index contributed by atoms with van der Waals surface area (Å²) in [5, 5.41) is 3.79. The molecule has 13 rings (SSSR count). The van der Waals surface area contributed by atoms with E-state index in [9.17, 15) is 0 Å². The molecule has 6 heteroatoms. The number of aromatic nitrogens is 1. The summed E-state index contributed by atoms with van der Waals surface area (Å²) in [4.78, 5) is 7.85. The van der Waals surface area contributed by atoms with Gasteiger partial charge in [-0.15, -0.1) is 11.3 Å². The largest absolute Gasteiger partial charge is 0.311 e. The van der Waals surface area contributed by atoms with Gasteiger partial charge in [-0.05, 0) is 182 Å². The lowest BCUT2D eigenvalue weighted by atomic mass is 9.36. The Morgan fingerprint density at radius 1 is 0.381 bits per heavy atom. The molecular weight excluding hydrogens is 1040 g/mol. The highest BCUT2D eigenvalue weighted by molar-refractivity contribution is 7.33. The SMILES string of the molecule is Cc1cc(C(C)(C)C)cc(C)c1N(c1ccc2c(c1)N(c1ccc(C(C)(C)C)cc1)c1cc(C(C)(C)C)cc3c1B2c1sc2ccc(C(C)(C)C)cc2c1N3c1ccc(C(C)(C)C)cc1)c1ccc2c3ccccc3n(-c3ccccc3)c2c1. The van der Waals surface area contributed by atoms with Crippen LogP contribution in [0.5, 0.6) is 0 Å². The van der Waals surface area contributed by atoms with Crippen LogP contribution in [0, 0.1) is 13.8 Å². The Labute approximate surface area is 504 Å². The van der Waals surface area contributed by atoms with Crippen LogP contribution in [0.25, 0.3) is 37.6 Å². The van der Waals surface area contributed by atoms with E-state index < -0.39 is 0 Å². The number of fused-ring (bicyclic) bond motifs is 9.